The highest BCUT2D eigenvalue weighted by atomic mass is 16.6. The number of methoxy groups -OCH3 is 1. The van der Waals surface area contributed by atoms with Crippen LogP contribution in [0.25, 0.3) is 0 Å². The van der Waals surface area contributed by atoms with Gasteiger partial charge in [0.15, 0.2) is 5.78 Å². The Morgan fingerprint density at radius 2 is 2.00 bits per heavy atom. The van der Waals surface area contributed by atoms with E-state index in [4.69, 9.17) is 4.74 Å². The first-order valence-electron chi connectivity index (χ1n) is 9.44. The highest BCUT2D eigenvalue weighted by Crippen LogP contribution is 2.19. The van der Waals surface area contributed by atoms with Gasteiger partial charge in [-0.1, -0.05) is 48.6 Å². The minimum atomic E-state index is -0.426. The third-order valence-electron chi connectivity index (χ3n) is 4.47. The lowest BCUT2D eigenvalue weighted by Gasteiger charge is -2.33. The van der Waals surface area contributed by atoms with Crippen LogP contribution in [0.4, 0.5) is 0 Å². The topological polar surface area (TPSA) is 72.9 Å². The Bertz CT molecular complexity index is 711. The Morgan fingerprint density at radius 1 is 1.21 bits per heavy atom. The average molecular weight is 385 g/mol. The van der Waals surface area contributed by atoms with Crippen LogP contribution in [-0.4, -0.2) is 55.5 Å². The van der Waals surface area contributed by atoms with Crippen molar-refractivity contribution < 1.29 is 23.9 Å². The highest BCUT2D eigenvalue weighted by molar-refractivity contribution is 5.91. The summed E-state index contributed by atoms with van der Waals surface area (Å²) >= 11 is 0. The fraction of sp³-hybridized carbons (Fsp3) is 0.409. The second-order valence-electron chi connectivity index (χ2n) is 6.56. The number of hydrogen-bond donors (Lipinski definition) is 0. The second-order valence-corrected chi connectivity index (χ2v) is 6.56. The number of ether oxygens (including phenoxy) is 2. The first-order chi connectivity index (χ1) is 13.6. The Balaban J connectivity index is 1.84. The molecule has 2 rings (SSSR count). The van der Waals surface area contributed by atoms with Crippen molar-refractivity contribution in [2.24, 2.45) is 0 Å². The number of carbonyl (C=O) groups excluding carboxylic acids is 3. The normalized spacial score (nSPS) is 17.4. The smallest absolute Gasteiger partial charge is 0.331 e. The summed E-state index contributed by atoms with van der Waals surface area (Å²) in [5.41, 5.74) is 0.976. The molecule has 1 aliphatic rings. The van der Waals surface area contributed by atoms with Crippen LogP contribution in [0.1, 0.15) is 24.8 Å². The zero-order valence-electron chi connectivity index (χ0n) is 16.2. The van der Waals surface area contributed by atoms with Crippen molar-refractivity contribution in [3.05, 3.63) is 60.2 Å². The molecule has 1 aromatic carbocycles. The summed E-state index contributed by atoms with van der Waals surface area (Å²) in [5, 5.41) is 0. The number of likely N-dealkylation sites (tertiary alicyclic amines) is 1. The van der Waals surface area contributed by atoms with Gasteiger partial charge in [-0.15, -0.1) is 0 Å². The summed E-state index contributed by atoms with van der Waals surface area (Å²) in [4.78, 5) is 37.2. The molecule has 1 amide bonds. The maximum atomic E-state index is 12.3. The third kappa shape index (κ3) is 7.48. The monoisotopic (exact) mass is 385 g/mol. The van der Waals surface area contributed by atoms with E-state index in [1.807, 2.05) is 42.5 Å². The van der Waals surface area contributed by atoms with Gasteiger partial charge in [-0.05, 0) is 24.5 Å². The van der Waals surface area contributed by atoms with Crippen molar-refractivity contribution in [2.45, 2.75) is 31.7 Å². The third-order valence-corrected chi connectivity index (χ3v) is 4.47. The molecule has 0 saturated carbocycles. The zero-order valence-corrected chi connectivity index (χ0v) is 16.2. The number of amides is 1. The molecule has 0 N–H and O–H groups in total. The summed E-state index contributed by atoms with van der Waals surface area (Å²) in [7, 11) is 1.31. The largest absolute Gasteiger partial charge is 0.467 e. The van der Waals surface area contributed by atoms with E-state index >= 15 is 0 Å². The van der Waals surface area contributed by atoms with Crippen molar-refractivity contribution >= 4 is 17.7 Å². The fourth-order valence-corrected chi connectivity index (χ4v) is 2.98. The van der Waals surface area contributed by atoms with Gasteiger partial charge in [0.25, 0.3) is 0 Å². The summed E-state index contributed by atoms with van der Waals surface area (Å²) in [6.07, 6.45) is 9.58. The zero-order chi connectivity index (χ0) is 20.2. The molecule has 0 spiro atoms. The molecule has 6 heteroatoms. The molecule has 150 valence electrons. The molecule has 28 heavy (non-hydrogen) atoms. The van der Waals surface area contributed by atoms with Crippen LogP contribution >= 0.6 is 0 Å². The van der Waals surface area contributed by atoms with E-state index in [0.29, 0.717) is 19.4 Å². The van der Waals surface area contributed by atoms with E-state index < -0.39 is 5.97 Å². The van der Waals surface area contributed by atoms with Gasteiger partial charge in [0, 0.05) is 19.4 Å². The van der Waals surface area contributed by atoms with Crippen molar-refractivity contribution in [3.8, 4) is 0 Å². The lowest BCUT2D eigenvalue weighted by atomic mass is 10.00. The number of piperidine rings is 1. The highest BCUT2D eigenvalue weighted by Gasteiger charge is 2.25. The lowest BCUT2D eigenvalue weighted by Crippen LogP contribution is -2.42. The number of allylic oxidation sites excluding steroid dienone is 1. The Morgan fingerprint density at radius 3 is 2.75 bits per heavy atom. The maximum absolute atomic E-state index is 12.3. The molecule has 1 fully saturated rings. The molecule has 0 aromatic heterocycles. The molecule has 6 nitrogen and oxygen atoms in total. The predicted molar refractivity (Wildman–Crippen MR) is 106 cm³/mol. The first-order valence-corrected chi connectivity index (χ1v) is 9.44. The molecular weight excluding hydrogens is 358 g/mol. The molecule has 1 aliphatic heterocycles. The van der Waals surface area contributed by atoms with Crippen LogP contribution in [0.2, 0.25) is 0 Å². The molecule has 0 aliphatic carbocycles. The van der Waals surface area contributed by atoms with Gasteiger partial charge in [-0.25, -0.2) is 4.79 Å². The van der Waals surface area contributed by atoms with Crippen LogP contribution in [0.5, 0.6) is 0 Å². The van der Waals surface area contributed by atoms with Gasteiger partial charge in [0.2, 0.25) is 5.91 Å². The van der Waals surface area contributed by atoms with Crippen molar-refractivity contribution in [3.63, 3.8) is 0 Å². The summed E-state index contributed by atoms with van der Waals surface area (Å²) < 4.78 is 9.63. The van der Waals surface area contributed by atoms with E-state index in [-0.39, 0.29) is 30.9 Å². The van der Waals surface area contributed by atoms with E-state index in [9.17, 15) is 14.4 Å². The number of ketones is 1. The van der Waals surface area contributed by atoms with Crippen LogP contribution < -0.4 is 0 Å². The SMILES string of the molecule is COC(=O)COCC=CCN1C(=O)CCCC1C=CC(=O)Cc1ccccc1. The minimum Gasteiger partial charge on any atom is -0.467 e. The van der Waals surface area contributed by atoms with Gasteiger partial charge >= 0.3 is 5.97 Å². The molecule has 1 aromatic rings. The molecule has 1 saturated heterocycles. The van der Waals surface area contributed by atoms with E-state index in [1.54, 1.807) is 17.1 Å². The van der Waals surface area contributed by atoms with Crippen LogP contribution in [0, 0.1) is 0 Å². The van der Waals surface area contributed by atoms with Crippen LogP contribution in [0.3, 0.4) is 0 Å². The number of carbonyl (C=O) groups is 3. The molecular formula is C22H27NO5. The molecule has 1 unspecified atom stereocenters. The first kappa shape index (κ1) is 21.6. The van der Waals surface area contributed by atoms with E-state index in [0.717, 1.165) is 18.4 Å². The van der Waals surface area contributed by atoms with Crippen molar-refractivity contribution in [1.82, 2.24) is 4.90 Å². The molecule has 1 atom stereocenters. The number of rotatable bonds is 10. The molecule has 0 radical (unpaired) electrons. The Hall–Kier alpha value is -2.73. The van der Waals surface area contributed by atoms with Crippen LogP contribution in [0.15, 0.2) is 54.6 Å². The van der Waals surface area contributed by atoms with Crippen molar-refractivity contribution in [2.75, 3.05) is 26.9 Å². The molecule has 1 heterocycles. The minimum absolute atomic E-state index is 0.0240. The van der Waals surface area contributed by atoms with Gasteiger partial charge in [-0.2, -0.15) is 0 Å². The maximum Gasteiger partial charge on any atom is 0.331 e. The predicted octanol–water partition coefficient (Wildman–Crippen LogP) is 2.48. The van der Waals surface area contributed by atoms with E-state index in [1.165, 1.54) is 7.11 Å². The van der Waals surface area contributed by atoms with E-state index in [2.05, 4.69) is 4.74 Å². The Kier molecular flexibility index (Phi) is 9.15. The summed E-state index contributed by atoms with van der Waals surface area (Å²) in [6.45, 7) is 0.619. The average Bonchev–Trinajstić information content (AvgIpc) is 2.70. The second kappa shape index (κ2) is 11.9. The van der Waals surface area contributed by atoms with Gasteiger partial charge in [-0.3, -0.25) is 9.59 Å². The van der Waals surface area contributed by atoms with Gasteiger partial charge < -0.3 is 14.4 Å². The quantitative estimate of drug-likeness (QED) is 0.268. The summed E-state index contributed by atoms with van der Waals surface area (Å²) in [5.74, 6) is -0.322. The fourth-order valence-electron chi connectivity index (χ4n) is 2.98. The number of hydrogen-bond acceptors (Lipinski definition) is 5. The Labute approximate surface area is 165 Å². The van der Waals surface area contributed by atoms with Gasteiger partial charge in [0.1, 0.15) is 6.61 Å². The summed E-state index contributed by atoms with van der Waals surface area (Å²) in [6, 6.07) is 9.51. The standard InChI is InChI=1S/C22H27NO5/c1-27-22(26)17-28-15-6-5-14-23-19(10-7-11-21(23)25)12-13-20(24)16-18-8-3-2-4-9-18/h2-6,8-9,12-13,19H,7,10-11,14-17H2,1H3. The number of benzene rings is 1. The van der Waals surface area contributed by atoms with Crippen molar-refractivity contribution in [1.29, 1.82) is 0 Å². The van der Waals surface area contributed by atoms with Gasteiger partial charge in [0.05, 0.1) is 19.8 Å². The number of esters is 1. The molecule has 0 bridgehead atoms. The van der Waals surface area contributed by atoms with Crippen LogP contribution in [-0.2, 0) is 30.3 Å². The number of nitrogens with zero attached hydrogens (tertiary/aromatic N) is 1. The lowest BCUT2D eigenvalue weighted by molar-refractivity contribution is -0.145.